The van der Waals surface area contributed by atoms with Crippen molar-refractivity contribution in [1.82, 2.24) is 0 Å². The first-order valence-corrected chi connectivity index (χ1v) is 34.1. The highest BCUT2D eigenvalue weighted by molar-refractivity contribution is 5.71. The van der Waals surface area contributed by atoms with E-state index in [9.17, 15) is 14.4 Å². The van der Waals surface area contributed by atoms with Gasteiger partial charge in [0.25, 0.3) is 0 Å². The van der Waals surface area contributed by atoms with Gasteiger partial charge in [0.05, 0.1) is 0 Å². The second kappa shape index (κ2) is 67.1. The van der Waals surface area contributed by atoms with Crippen LogP contribution >= 0.6 is 0 Å². The molecule has 1 unspecified atom stereocenters. The van der Waals surface area contributed by atoms with E-state index in [1.165, 1.54) is 180 Å². The summed E-state index contributed by atoms with van der Waals surface area (Å²) in [4.78, 5) is 38.3. The van der Waals surface area contributed by atoms with Gasteiger partial charge >= 0.3 is 17.9 Å². The Hall–Kier alpha value is -3.41. The maximum absolute atomic E-state index is 12.9. The third-order valence-electron chi connectivity index (χ3n) is 14.8. The summed E-state index contributed by atoms with van der Waals surface area (Å²) in [7, 11) is 0. The molecule has 0 radical (unpaired) electrons. The first-order valence-electron chi connectivity index (χ1n) is 34.1. The topological polar surface area (TPSA) is 78.9 Å². The lowest BCUT2D eigenvalue weighted by Gasteiger charge is -2.18. The third-order valence-corrected chi connectivity index (χ3v) is 14.8. The summed E-state index contributed by atoms with van der Waals surface area (Å²) in [6.07, 6.45) is 88.9. The minimum Gasteiger partial charge on any atom is -0.462 e. The summed E-state index contributed by atoms with van der Waals surface area (Å²) in [6, 6.07) is 0. The Labute approximate surface area is 490 Å². The quantitative estimate of drug-likeness (QED) is 0.0261. The Morgan fingerprint density at radius 3 is 0.785 bits per heavy atom. The maximum atomic E-state index is 12.9. The van der Waals surface area contributed by atoms with Crippen molar-refractivity contribution in [3.63, 3.8) is 0 Å². The predicted molar refractivity (Wildman–Crippen MR) is 344 cm³/mol. The molecule has 0 aliphatic heterocycles. The van der Waals surface area contributed by atoms with Gasteiger partial charge in [-0.1, -0.05) is 292 Å². The van der Waals surface area contributed by atoms with Gasteiger partial charge in [-0.2, -0.15) is 0 Å². The standard InChI is InChI=1S/C73H128O6/c1-4-7-10-13-16-19-22-25-27-29-31-32-33-34-35-36-37-38-39-40-42-43-45-48-51-54-57-60-63-66-72(75)78-69-70(68-77-71(74)65-62-59-56-53-50-47-24-21-18-15-12-9-6-3)79-73(76)67-64-61-58-55-52-49-46-44-41-30-28-26-23-20-17-14-11-8-5-2/h12,15,17,20-22,24-26,28-29,31,41,44,70H,4-11,13-14,16,18-19,23,27,30,32-40,42-43,45-69H2,1-3H3/b15-12-,20-17-,24-21-,25-22-,28-26-,31-29-,44-41-. The molecule has 79 heavy (non-hydrogen) atoms. The second-order valence-corrected chi connectivity index (χ2v) is 22.7. The van der Waals surface area contributed by atoms with E-state index in [1.807, 2.05) is 0 Å². The number of ether oxygens (including phenoxy) is 3. The average Bonchev–Trinajstić information content (AvgIpc) is 3.45. The van der Waals surface area contributed by atoms with Crippen LogP contribution in [-0.2, 0) is 28.6 Å². The highest BCUT2D eigenvalue weighted by Crippen LogP contribution is 2.17. The van der Waals surface area contributed by atoms with E-state index in [-0.39, 0.29) is 31.1 Å². The molecule has 1 atom stereocenters. The molecule has 6 nitrogen and oxygen atoms in total. The molecule has 0 fully saturated rings. The summed E-state index contributed by atoms with van der Waals surface area (Å²) >= 11 is 0. The Kier molecular flexibility index (Phi) is 64.2. The molecule has 456 valence electrons. The molecule has 0 saturated heterocycles. The van der Waals surface area contributed by atoms with Gasteiger partial charge < -0.3 is 14.2 Å². The lowest BCUT2D eigenvalue weighted by molar-refractivity contribution is -0.167. The van der Waals surface area contributed by atoms with Crippen molar-refractivity contribution in [2.75, 3.05) is 13.2 Å². The lowest BCUT2D eigenvalue weighted by atomic mass is 10.0. The molecule has 0 spiro atoms. The Bertz CT molecular complexity index is 1500. The SMILES string of the molecule is CCC/C=C\C/C=C\CCCCCCCC(=O)OCC(COC(=O)CCCCCCCCCCCCCCCCCCC/C=C\C/C=C\CCCCCCC)OC(=O)CCCCCCCC/C=C\C/C=C\C/C=C\CCCCC. The maximum Gasteiger partial charge on any atom is 0.306 e. The van der Waals surface area contributed by atoms with Crippen molar-refractivity contribution in [3.05, 3.63) is 85.1 Å². The van der Waals surface area contributed by atoms with Crippen LogP contribution in [0, 0.1) is 0 Å². The largest absolute Gasteiger partial charge is 0.462 e. The number of rotatable bonds is 62. The molecule has 0 amide bonds. The Balaban J connectivity index is 4.25. The zero-order valence-electron chi connectivity index (χ0n) is 52.4. The van der Waals surface area contributed by atoms with Crippen LogP contribution in [0.5, 0.6) is 0 Å². The van der Waals surface area contributed by atoms with Gasteiger partial charge in [0.1, 0.15) is 13.2 Å². The van der Waals surface area contributed by atoms with Crippen LogP contribution in [0.15, 0.2) is 85.1 Å². The van der Waals surface area contributed by atoms with Gasteiger partial charge in [0, 0.05) is 19.3 Å². The number of hydrogen-bond donors (Lipinski definition) is 0. The molecule has 0 N–H and O–H groups in total. The zero-order valence-corrected chi connectivity index (χ0v) is 52.4. The molecular formula is C73H128O6. The molecule has 0 aromatic heterocycles. The predicted octanol–water partition coefficient (Wildman–Crippen LogP) is 23.4. The highest BCUT2D eigenvalue weighted by atomic mass is 16.6. The minimum absolute atomic E-state index is 0.0844. The summed E-state index contributed by atoms with van der Waals surface area (Å²) in [6.45, 7) is 6.55. The van der Waals surface area contributed by atoms with Crippen LogP contribution in [0.4, 0.5) is 0 Å². The lowest BCUT2D eigenvalue weighted by Crippen LogP contribution is -2.30. The van der Waals surface area contributed by atoms with E-state index in [0.717, 1.165) is 122 Å². The molecule has 0 bridgehead atoms. The molecule has 0 aliphatic carbocycles. The highest BCUT2D eigenvalue weighted by Gasteiger charge is 2.19. The van der Waals surface area contributed by atoms with Crippen molar-refractivity contribution in [1.29, 1.82) is 0 Å². The summed E-state index contributed by atoms with van der Waals surface area (Å²) < 4.78 is 16.9. The van der Waals surface area contributed by atoms with Crippen molar-refractivity contribution >= 4 is 17.9 Å². The normalized spacial score (nSPS) is 12.6. The molecule has 0 rings (SSSR count). The van der Waals surface area contributed by atoms with E-state index in [1.54, 1.807) is 0 Å². The van der Waals surface area contributed by atoms with Crippen molar-refractivity contribution in [3.8, 4) is 0 Å². The smallest absolute Gasteiger partial charge is 0.306 e. The van der Waals surface area contributed by atoms with E-state index < -0.39 is 6.10 Å². The van der Waals surface area contributed by atoms with E-state index >= 15 is 0 Å². The van der Waals surface area contributed by atoms with Crippen LogP contribution < -0.4 is 0 Å². The number of allylic oxidation sites excluding steroid dienone is 14. The first kappa shape index (κ1) is 75.6. The first-order chi connectivity index (χ1) is 39.0. The number of carbonyl (C=O) groups excluding carboxylic acids is 3. The second-order valence-electron chi connectivity index (χ2n) is 22.7. The van der Waals surface area contributed by atoms with Gasteiger partial charge in [0.2, 0.25) is 0 Å². The minimum atomic E-state index is -0.790. The van der Waals surface area contributed by atoms with Crippen molar-refractivity contribution < 1.29 is 28.6 Å². The average molecular weight is 1100 g/mol. The molecule has 0 saturated carbocycles. The molecule has 0 heterocycles. The van der Waals surface area contributed by atoms with Gasteiger partial charge in [-0.05, 0) is 116 Å². The fourth-order valence-corrected chi connectivity index (χ4v) is 9.70. The van der Waals surface area contributed by atoms with E-state index in [4.69, 9.17) is 14.2 Å². The van der Waals surface area contributed by atoms with Crippen LogP contribution in [0.2, 0.25) is 0 Å². The van der Waals surface area contributed by atoms with Crippen LogP contribution in [0.25, 0.3) is 0 Å². The molecule has 6 heteroatoms. The summed E-state index contributed by atoms with van der Waals surface area (Å²) in [5.74, 6) is -0.898. The summed E-state index contributed by atoms with van der Waals surface area (Å²) in [5, 5.41) is 0. The summed E-state index contributed by atoms with van der Waals surface area (Å²) in [5.41, 5.74) is 0. The van der Waals surface area contributed by atoms with Crippen LogP contribution in [0.3, 0.4) is 0 Å². The van der Waals surface area contributed by atoms with Crippen LogP contribution in [0.1, 0.15) is 342 Å². The Morgan fingerprint density at radius 2 is 0.481 bits per heavy atom. The fraction of sp³-hybridized carbons (Fsp3) is 0.767. The van der Waals surface area contributed by atoms with Crippen LogP contribution in [-0.4, -0.2) is 37.2 Å². The zero-order chi connectivity index (χ0) is 57.1. The molecule has 0 aromatic carbocycles. The van der Waals surface area contributed by atoms with Crippen molar-refractivity contribution in [2.45, 2.75) is 348 Å². The number of unbranched alkanes of at least 4 members (excludes halogenated alkanes) is 37. The Morgan fingerprint density at radius 1 is 0.253 bits per heavy atom. The van der Waals surface area contributed by atoms with Crippen molar-refractivity contribution in [2.24, 2.45) is 0 Å². The fourth-order valence-electron chi connectivity index (χ4n) is 9.70. The number of hydrogen-bond acceptors (Lipinski definition) is 6. The monoisotopic (exact) mass is 1100 g/mol. The number of esters is 3. The number of carbonyl (C=O) groups is 3. The van der Waals surface area contributed by atoms with E-state index in [2.05, 4.69) is 106 Å². The van der Waals surface area contributed by atoms with E-state index in [0.29, 0.717) is 19.3 Å². The van der Waals surface area contributed by atoms with Gasteiger partial charge in [-0.15, -0.1) is 0 Å². The van der Waals surface area contributed by atoms with Gasteiger partial charge in [-0.3, -0.25) is 14.4 Å². The van der Waals surface area contributed by atoms with Gasteiger partial charge in [-0.25, -0.2) is 0 Å². The van der Waals surface area contributed by atoms with Gasteiger partial charge in [0.15, 0.2) is 6.10 Å². The molecule has 0 aliphatic rings. The molecule has 0 aromatic rings. The molecular weight excluding hydrogens is 973 g/mol. The third kappa shape index (κ3) is 65.3.